The zero-order valence-corrected chi connectivity index (χ0v) is 8.50. The summed E-state index contributed by atoms with van der Waals surface area (Å²) >= 11 is 5.49. The fourth-order valence-corrected chi connectivity index (χ4v) is 1.45. The number of rotatable bonds is 3. The maximum atomic E-state index is 12.6. The Bertz CT molecular complexity index is 471. The average Bonchev–Trinajstić information content (AvgIpc) is 2.16. The summed E-state index contributed by atoms with van der Waals surface area (Å²) in [6.45, 7) is 0. The summed E-state index contributed by atoms with van der Waals surface area (Å²) in [5.41, 5.74) is -1.32. The second-order valence-electron chi connectivity index (χ2n) is 2.83. The molecule has 0 aromatic carbocycles. The predicted molar refractivity (Wildman–Crippen MR) is 50.3 cm³/mol. The van der Waals surface area contributed by atoms with Crippen LogP contribution in [0.4, 0.5) is 8.78 Å². The van der Waals surface area contributed by atoms with Crippen LogP contribution in [-0.2, 0) is 11.2 Å². The highest BCUT2D eigenvalue weighted by Crippen LogP contribution is 2.31. The molecular formula is C9H5ClF2N2O2. The highest BCUT2D eigenvalue weighted by Gasteiger charge is 2.22. The molecule has 0 atom stereocenters. The number of halogens is 3. The topological polar surface area (TPSA) is 74.0 Å². The number of nitriles is 1. The van der Waals surface area contributed by atoms with Gasteiger partial charge in [-0.1, -0.05) is 11.6 Å². The normalized spacial score (nSPS) is 10.2. The molecule has 0 aliphatic rings. The van der Waals surface area contributed by atoms with Gasteiger partial charge in [0.25, 0.3) is 6.43 Å². The van der Waals surface area contributed by atoms with Crippen molar-refractivity contribution >= 4 is 17.6 Å². The van der Waals surface area contributed by atoms with Crippen LogP contribution in [0.5, 0.6) is 0 Å². The second kappa shape index (κ2) is 4.86. The highest BCUT2D eigenvalue weighted by molar-refractivity contribution is 6.31. The van der Waals surface area contributed by atoms with Crippen LogP contribution in [0.25, 0.3) is 0 Å². The average molecular weight is 247 g/mol. The molecule has 0 aliphatic heterocycles. The number of carboxylic acid groups (broad SMARTS) is 1. The predicted octanol–water partition coefficient (Wildman–Crippen LogP) is 2.17. The van der Waals surface area contributed by atoms with Crippen molar-refractivity contribution in [3.05, 3.63) is 28.0 Å². The van der Waals surface area contributed by atoms with Gasteiger partial charge in [-0.2, -0.15) is 5.26 Å². The van der Waals surface area contributed by atoms with E-state index in [0.717, 1.165) is 6.20 Å². The number of carbonyl (C=O) groups is 1. The molecule has 1 heterocycles. The van der Waals surface area contributed by atoms with E-state index >= 15 is 0 Å². The molecule has 1 N–H and O–H groups in total. The number of nitrogens with zero attached hydrogens (tertiary/aromatic N) is 2. The first kappa shape index (κ1) is 12.3. The lowest BCUT2D eigenvalue weighted by atomic mass is 10.0. The van der Waals surface area contributed by atoms with Gasteiger partial charge in [-0.25, -0.2) is 13.8 Å². The lowest BCUT2D eigenvalue weighted by Gasteiger charge is -2.09. The van der Waals surface area contributed by atoms with E-state index in [-0.39, 0.29) is 16.3 Å². The maximum absolute atomic E-state index is 12.6. The number of aromatic nitrogens is 1. The number of carboxylic acids is 1. The third kappa shape index (κ3) is 2.44. The minimum atomic E-state index is -2.95. The Labute approximate surface area is 94.1 Å². The molecular weight excluding hydrogens is 242 g/mol. The Hall–Kier alpha value is -1.74. The molecule has 0 saturated heterocycles. The molecule has 0 amide bonds. The van der Waals surface area contributed by atoms with Gasteiger partial charge in [0.2, 0.25) is 0 Å². The Balaban J connectivity index is 3.43. The molecule has 1 rings (SSSR count). The number of aliphatic carboxylic acids is 1. The standard InChI is InChI=1S/C9H5ClF2N2O2/c10-5-3-14-6(2-13)4(1-7(15)16)8(5)9(11)12/h3,9H,1H2,(H,15,16). The van der Waals surface area contributed by atoms with E-state index in [1.54, 1.807) is 6.07 Å². The zero-order valence-electron chi connectivity index (χ0n) is 7.75. The van der Waals surface area contributed by atoms with Gasteiger partial charge >= 0.3 is 5.97 Å². The van der Waals surface area contributed by atoms with E-state index in [9.17, 15) is 13.6 Å². The van der Waals surface area contributed by atoms with Crippen molar-refractivity contribution in [1.29, 1.82) is 5.26 Å². The van der Waals surface area contributed by atoms with E-state index in [4.69, 9.17) is 22.0 Å². The van der Waals surface area contributed by atoms with Crippen LogP contribution in [0.15, 0.2) is 6.20 Å². The molecule has 0 unspecified atom stereocenters. The van der Waals surface area contributed by atoms with Crippen molar-refractivity contribution in [3.8, 4) is 6.07 Å². The minimum absolute atomic E-state index is 0.336. The van der Waals surface area contributed by atoms with Gasteiger partial charge in [-0.3, -0.25) is 4.79 Å². The third-order valence-electron chi connectivity index (χ3n) is 1.83. The van der Waals surface area contributed by atoms with Gasteiger partial charge in [0.05, 0.1) is 11.4 Å². The summed E-state index contributed by atoms with van der Waals surface area (Å²) in [6, 6.07) is 1.56. The van der Waals surface area contributed by atoms with Gasteiger partial charge in [0.1, 0.15) is 11.8 Å². The van der Waals surface area contributed by atoms with E-state index in [1.165, 1.54) is 0 Å². The van der Waals surface area contributed by atoms with Gasteiger partial charge in [0.15, 0.2) is 0 Å². The van der Waals surface area contributed by atoms with Crippen molar-refractivity contribution < 1.29 is 18.7 Å². The summed E-state index contributed by atoms with van der Waals surface area (Å²) < 4.78 is 25.3. The molecule has 1 aromatic rings. The SMILES string of the molecule is N#Cc1ncc(Cl)c(C(F)F)c1CC(=O)O. The summed E-state index contributed by atoms with van der Waals surface area (Å²) in [6.07, 6.45) is -2.75. The molecule has 1 aromatic heterocycles. The van der Waals surface area contributed by atoms with Crippen molar-refractivity contribution in [1.82, 2.24) is 4.98 Å². The molecule has 0 aliphatic carbocycles. The third-order valence-corrected chi connectivity index (χ3v) is 2.13. The quantitative estimate of drug-likeness (QED) is 0.887. The lowest BCUT2D eigenvalue weighted by Crippen LogP contribution is -2.08. The first-order chi connectivity index (χ1) is 7.47. The largest absolute Gasteiger partial charge is 0.481 e. The first-order valence-corrected chi connectivity index (χ1v) is 4.42. The molecule has 0 spiro atoms. The summed E-state index contributed by atoms with van der Waals surface area (Å²) in [5.74, 6) is -1.33. The number of alkyl halides is 2. The lowest BCUT2D eigenvalue weighted by molar-refractivity contribution is -0.136. The van der Waals surface area contributed by atoms with Crippen molar-refractivity contribution in [2.24, 2.45) is 0 Å². The van der Waals surface area contributed by atoms with E-state index in [2.05, 4.69) is 4.98 Å². The molecule has 0 bridgehead atoms. The van der Waals surface area contributed by atoms with Crippen LogP contribution in [0.3, 0.4) is 0 Å². The Morgan fingerprint density at radius 2 is 2.31 bits per heavy atom. The molecule has 84 valence electrons. The molecule has 0 saturated carbocycles. The van der Waals surface area contributed by atoms with Gasteiger partial charge in [-0.15, -0.1) is 0 Å². The smallest absolute Gasteiger partial charge is 0.307 e. The van der Waals surface area contributed by atoms with Crippen LogP contribution in [0.2, 0.25) is 5.02 Å². The maximum Gasteiger partial charge on any atom is 0.307 e. The second-order valence-corrected chi connectivity index (χ2v) is 3.24. The number of pyridine rings is 1. The Kier molecular flexibility index (Phi) is 3.74. The monoisotopic (exact) mass is 246 g/mol. The van der Waals surface area contributed by atoms with Gasteiger partial charge in [-0.05, 0) is 0 Å². The molecule has 0 radical (unpaired) electrons. The number of hydrogen-bond donors (Lipinski definition) is 1. The van der Waals surface area contributed by atoms with Crippen LogP contribution in [0.1, 0.15) is 23.2 Å². The van der Waals surface area contributed by atoms with Gasteiger partial charge < -0.3 is 5.11 Å². The summed E-state index contributed by atoms with van der Waals surface area (Å²) in [7, 11) is 0. The summed E-state index contributed by atoms with van der Waals surface area (Å²) in [5, 5.41) is 16.9. The molecule has 16 heavy (non-hydrogen) atoms. The molecule has 0 fully saturated rings. The number of hydrogen-bond acceptors (Lipinski definition) is 3. The Morgan fingerprint density at radius 1 is 1.69 bits per heavy atom. The van der Waals surface area contributed by atoms with E-state index in [0.29, 0.717) is 0 Å². The van der Waals surface area contributed by atoms with Crippen molar-refractivity contribution in [2.75, 3.05) is 0 Å². The van der Waals surface area contributed by atoms with Gasteiger partial charge in [0, 0.05) is 17.3 Å². The van der Waals surface area contributed by atoms with E-state index < -0.39 is 24.4 Å². The van der Waals surface area contributed by atoms with Crippen molar-refractivity contribution in [2.45, 2.75) is 12.8 Å². The van der Waals surface area contributed by atoms with Crippen LogP contribution in [-0.4, -0.2) is 16.1 Å². The first-order valence-electron chi connectivity index (χ1n) is 4.04. The van der Waals surface area contributed by atoms with Crippen LogP contribution in [0, 0.1) is 11.3 Å². The van der Waals surface area contributed by atoms with Crippen molar-refractivity contribution in [3.63, 3.8) is 0 Å². The van der Waals surface area contributed by atoms with Crippen LogP contribution < -0.4 is 0 Å². The minimum Gasteiger partial charge on any atom is -0.481 e. The van der Waals surface area contributed by atoms with E-state index in [1.807, 2.05) is 0 Å². The molecule has 4 nitrogen and oxygen atoms in total. The highest BCUT2D eigenvalue weighted by atomic mass is 35.5. The Morgan fingerprint density at radius 3 is 2.75 bits per heavy atom. The fourth-order valence-electron chi connectivity index (χ4n) is 1.20. The fraction of sp³-hybridized carbons (Fsp3) is 0.222. The summed E-state index contributed by atoms with van der Waals surface area (Å²) in [4.78, 5) is 14.0. The zero-order chi connectivity index (χ0) is 12.3. The molecule has 7 heteroatoms. The van der Waals surface area contributed by atoms with Crippen LogP contribution >= 0.6 is 11.6 Å².